The van der Waals surface area contributed by atoms with Crippen LogP contribution < -0.4 is 11.1 Å². The van der Waals surface area contributed by atoms with Crippen molar-refractivity contribution in [2.24, 2.45) is 5.73 Å². The molecule has 0 fully saturated rings. The first-order valence-electron chi connectivity index (χ1n) is 6.57. The molecule has 1 aromatic heterocycles. The molecule has 8 heteroatoms. The van der Waals surface area contributed by atoms with Gasteiger partial charge in [-0.3, -0.25) is 4.79 Å². The first-order valence-corrected chi connectivity index (χ1v) is 6.57. The smallest absolute Gasteiger partial charge is 0.371 e. The number of rotatable bonds is 7. The minimum Gasteiger partial charge on any atom is -0.371 e. The van der Waals surface area contributed by atoms with Gasteiger partial charge in [0.2, 0.25) is 5.91 Å². The highest BCUT2D eigenvalue weighted by Crippen LogP contribution is 2.27. The Kier molecular flexibility index (Phi) is 7.00. The van der Waals surface area contributed by atoms with Crippen molar-refractivity contribution < 1.29 is 22.7 Å². The van der Waals surface area contributed by atoms with E-state index in [1.807, 2.05) is 0 Å². The number of halogens is 3. The molecule has 3 N–H and O–H groups in total. The molecule has 0 aliphatic carbocycles. The van der Waals surface area contributed by atoms with Crippen molar-refractivity contribution in [2.45, 2.75) is 18.7 Å². The Balaban J connectivity index is 2.69. The largest absolute Gasteiger partial charge is 0.433 e. The summed E-state index contributed by atoms with van der Waals surface area (Å²) in [6, 6.07) is 3.55. The zero-order chi connectivity index (χ0) is 16.6. The molecule has 122 valence electrons. The zero-order valence-corrected chi connectivity index (χ0v) is 12.1. The summed E-state index contributed by atoms with van der Waals surface area (Å²) < 4.78 is 42.8. The van der Waals surface area contributed by atoms with E-state index in [0.29, 0.717) is 6.54 Å². The van der Waals surface area contributed by atoms with Crippen molar-refractivity contribution in [1.29, 1.82) is 0 Å². The maximum absolute atomic E-state index is 12.6. The summed E-state index contributed by atoms with van der Waals surface area (Å²) in [5.74, 6) is -0.427. The van der Waals surface area contributed by atoms with E-state index in [4.69, 9.17) is 10.5 Å². The van der Waals surface area contributed by atoms with Crippen molar-refractivity contribution in [3.05, 3.63) is 41.7 Å². The molecule has 1 atom stereocenters. The summed E-state index contributed by atoms with van der Waals surface area (Å²) >= 11 is 0. The van der Waals surface area contributed by atoms with Crippen LogP contribution in [-0.2, 0) is 22.1 Å². The number of methoxy groups -OCH3 is 1. The van der Waals surface area contributed by atoms with E-state index in [1.165, 1.54) is 19.2 Å². The van der Waals surface area contributed by atoms with Crippen molar-refractivity contribution in [1.82, 2.24) is 10.3 Å². The Bertz CT molecular complexity index is 518. The monoisotopic (exact) mass is 317 g/mol. The van der Waals surface area contributed by atoms with E-state index >= 15 is 0 Å². The number of carbonyl (C=O) groups is 1. The van der Waals surface area contributed by atoms with E-state index in [9.17, 15) is 18.0 Å². The van der Waals surface area contributed by atoms with Gasteiger partial charge in [0.05, 0.1) is 0 Å². The second-order valence-corrected chi connectivity index (χ2v) is 4.39. The van der Waals surface area contributed by atoms with Gasteiger partial charge in [0.15, 0.2) is 0 Å². The Morgan fingerprint density at radius 2 is 2.18 bits per heavy atom. The molecule has 1 unspecified atom stereocenters. The summed E-state index contributed by atoms with van der Waals surface area (Å²) in [5.41, 5.74) is 4.40. The molecule has 0 saturated carbocycles. The fraction of sp³-hybridized carbons (Fsp3) is 0.429. The van der Waals surface area contributed by atoms with Crippen molar-refractivity contribution in [3.8, 4) is 0 Å². The van der Waals surface area contributed by atoms with Crippen LogP contribution in [0.3, 0.4) is 0 Å². The Morgan fingerprint density at radius 3 is 2.77 bits per heavy atom. The Morgan fingerprint density at radius 1 is 1.45 bits per heavy atom. The molecule has 0 aromatic carbocycles. The number of alkyl halides is 3. The van der Waals surface area contributed by atoms with Crippen LogP contribution in [0.15, 0.2) is 30.4 Å². The SMILES string of the molecule is COC(Cc1cccc(C(F)(F)F)n1)C(=O)NCC=CCN. The lowest BCUT2D eigenvalue weighted by molar-refractivity contribution is -0.141. The lowest BCUT2D eigenvalue weighted by atomic mass is 10.1. The summed E-state index contributed by atoms with van der Waals surface area (Å²) in [7, 11) is 1.31. The van der Waals surface area contributed by atoms with Gasteiger partial charge >= 0.3 is 6.18 Å². The number of nitrogens with one attached hydrogen (secondary N) is 1. The van der Waals surface area contributed by atoms with Crippen LogP contribution in [0.2, 0.25) is 0 Å². The van der Waals surface area contributed by atoms with E-state index in [1.54, 1.807) is 12.2 Å². The highest BCUT2D eigenvalue weighted by Gasteiger charge is 2.32. The highest BCUT2D eigenvalue weighted by atomic mass is 19.4. The zero-order valence-electron chi connectivity index (χ0n) is 12.1. The van der Waals surface area contributed by atoms with Gasteiger partial charge in [-0.2, -0.15) is 13.2 Å². The van der Waals surface area contributed by atoms with Crippen LogP contribution in [0.1, 0.15) is 11.4 Å². The lowest BCUT2D eigenvalue weighted by Gasteiger charge is -2.15. The minimum atomic E-state index is -4.52. The molecule has 1 rings (SSSR count). The molecular weight excluding hydrogens is 299 g/mol. The number of pyridine rings is 1. The van der Waals surface area contributed by atoms with Gasteiger partial charge in [-0.25, -0.2) is 4.98 Å². The molecule has 0 saturated heterocycles. The third-order valence-corrected chi connectivity index (χ3v) is 2.77. The van der Waals surface area contributed by atoms with Gasteiger partial charge in [0.25, 0.3) is 0 Å². The number of amides is 1. The van der Waals surface area contributed by atoms with Crippen LogP contribution in [0.25, 0.3) is 0 Å². The molecule has 1 heterocycles. The number of nitrogens with zero attached hydrogens (tertiary/aromatic N) is 1. The third kappa shape index (κ3) is 5.82. The van der Waals surface area contributed by atoms with Crippen molar-refractivity contribution in [3.63, 3.8) is 0 Å². The second kappa shape index (κ2) is 8.50. The fourth-order valence-electron chi connectivity index (χ4n) is 1.68. The highest BCUT2D eigenvalue weighted by molar-refractivity contribution is 5.81. The van der Waals surface area contributed by atoms with Crippen LogP contribution >= 0.6 is 0 Å². The van der Waals surface area contributed by atoms with Crippen LogP contribution in [-0.4, -0.2) is 37.2 Å². The van der Waals surface area contributed by atoms with Crippen LogP contribution in [0.4, 0.5) is 13.2 Å². The van der Waals surface area contributed by atoms with Crippen molar-refractivity contribution >= 4 is 5.91 Å². The maximum atomic E-state index is 12.6. The first-order chi connectivity index (χ1) is 10.4. The molecule has 0 spiro atoms. The van der Waals surface area contributed by atoms with Gasteiger partial charge in [0, 0.05) is 32.3 Å². The predicted octanol–water partition coefficient (Wildman–Crippen LogP) is 1.29. The Labute approximate surface area is 126 Å². The van der Waals surface area contributed by atoms with E-state index in [-0.39, 0.29) is 18.7 Å². The van der Waals surface area contributed by atoms with E-state index in [0.717, 1.165) is 6.07 Å². The first kappa shape index (κ1) is 18.1. The number of aromatic nitrogens is 1. The summed E-state index contributed by atoms with van der Waals surface area (Å²) in [5, 5.41) is 2.58. The molecule has 0 aliphatic rings. The number of carbonyl (C=O) groups excluding carboxylic acids is 1. The lowest BCUT2D eigenvalue weighted by Crippen LogP contribution is -2.37. The summed E-state index contributed by atoms with van der Waals surface area (Å²) in [4.78, 5) is 15.4. The van der Waals surface area contributed by atoms with Crippen LogP contribution in [0.5, 0.6) is 0 Å². The van der Waals surface area contributed by atoms with E-state index in [2.05, 4.69) is 10.3 Å². The molecule has 0 radical (unpaired) electrons. The number of hydrogen-bond acceptors (Lipinski definition) is 4. The molecule has 22 heavy (non-hydrogen) atoms. The third-order valence-electron chi connectivity index (χ3n) is 2.77. The fourth-order valence-corrected chi connectivity index (χ4v) is 1.68. The molecule has 1 aromatic rings. The quantitative estimate of drug-likeness (QED) is 0.743. The molecule has 1 amide bonds. The molecule has 5 nitrogen and oxygen atoms in total. The van der Waals surface area contributed by atoms with E-state index < -0.39 is 23.9 Å². The Hall–Kier alpha value is -1.93. The molecular formula is C14H18F3N3O2. The van der Waals surface area contributed by atoms with Gasteiger partial charge in [-0.15, -0.1) is 0 Å². The standard InChI is InChI=1S/C14H18F3N3O2/c1-22-11(13(21)19-8-3-2-7-18)9-10-5-4-6-12(20-10)14(15,16)17/h2-6,11H,7-9,18H2,1H3,(H,19,21). The number of ether oxygens (including phenoxy) is 1. The number of hydrogen-bond donors (Lipinski definition) is 2. The normalized spacial score (nSPS) is 13.3. The summed E-state index contributed by atoms with van der Waals surface area (Å²) in [6.07, 6.45) is -2.13. The average molecular weight is 317 g/mol. The average Bonchev–Trinajstić information content (AvgIpc) is 2.48. The van der Waals surface area contributed by atoms with Gasteiger partial charge < -0.3 is 15.8 Å². The number of nitrogens with two attached hydrogens (primary N) is 1. The summed E-state index contributed by atoms with van der Waals surface area (Å²) in [6.45, 7) is 0.629. The predicted molar refractivity (Wildman–Crippen MR) is 74.9 cm³/mol. The van der Waals surface area contributed by atoms with Gasteiger partial charge in [-0.1, -0.05) is 18.2 Å². The second-order valence-electron chi connectivity index (χ2n) is 4.39. The minimum absolute atomic E-state index is 0.0488. The molecule has 0 aliphatic heterocycles. The topological polar surface area (TPSA) is 77.2 Å². The molecule has 0 bridgehead atoms. The van der Waals surface area contributed by atoms with Crippen molar-refractivity contribution in [2.75, 3.05) is 20.2 Å². The van der Waals surface area contributed by atoms with Crippen LogP contribution in [0, 0.1) is 0 Å². The van der Waals surface area contributed by atoms with Gasteiger partial charge in [0.1, 0.15) is 11.8 Å². The van der Waals surface area contributed by atoms with Gasteiger partial charge in [-0.05, 0) is 12.1 Å². The maximum Gasteiger partial charge on any atom is 0.433 e.